The van der Waals surface area contributed by atoms with Crippen LogP contribution in [-0.2, 0) is 12.6 Å². The first-order chi connectivity index (χ1) is 11.9. The molecule has 0 spiro atoms. The smallest absolute Gasteiger partial charge is 0.310 e. The Morgan fingerprint density at radius 3 is 2.32 bits per heavy atom. The van der Waals surface area contributed by atoms with Gasteiger partial charge in [-0.2, -0.15) is 18.4 Å². The summed E-state index contributed by atoms with van der Waals surface area (Å²) in [4.78, 5) is 12.9. The fourth-order valence-electron chi connectivity index (χ4n) is 3.14. The summed E-state index contributed by atoms with van der Waals surface area (Å²) in [7, 11) is 0. The number of aromatic nitrogens is 1. The molecule has 0 N–H and O–H groups in total. The van der Waals surface area contributed by atoms with Crippen molar-refractivity contribution in [2.45, 2.75) is 25.4 Å². The normalized spacial score (nSPS) is 14.6. The molecular weight excluding hydrogens is 331 g/mol. The van der Waals surface area contributed by atoms with Crippen LogP contribution in [0.3, 0.4) is 0 Å². The molecule has 1 saturated heterocycles. The van der Waals surface area contributed by atoms with Gasteiger partial charge in [-0.05, 0) is 18.9 Å². The Balaban J connectivity index is 2.33. The predicted octanol–water partition coefficient (Wildman–Crippen LogP) is 3.33. The Hall–Kier alpha value is -2.75. The predicted molar refractivity (Wildman–Crippen MR) is 87.6 cm³/mol. The van der Waals surface area contributed by atoms with Gasteiger partial charge in [-0.1, -0.05) is 30.3 Å². The molecule has 3 rings (SSSR count). The summed E-state index contributed by atoms with van der Waals surface area (Å²) in [5.74, 6) is 0. The molecule has 0 aliphatic carbocycles. The second kappa shape index (κ2) is 6.63. The lowest BCUT2D eigenvalue weighted by Gasteiger charge is -2.26. The maximum Gasteiger partial charge on any atom is 0.416 e. The second-order valence-electron chi connectivity index (χ2n) is 5.90. The van der Waals surface area contributed by atoms with E-state index < -0.39 is 29.3 Å². The minimum Gasteiger partial charge on any atom is -0.310 e. The number of nitrogens with zero attached hydrogens (tertiary/aromatic N) is 3. The van der Waals surface area contributed by atoms with Gasteiger partial charge in [0.2, 0.25) is 0 Å². The fraction of sp³-hybridized carbons (Fsp3) is 0.333. The van der Waals surface area contributed by atoms with Crippen molar-refractivity contribution in [1.29, 1.82) is 5.26 Å². The van der Waals surface area contributed by atoms with Crippen molar-refractivity contribution in [2.24, 2.45) is 0 Å². The molecule has 0 bridgehead atoms. The van der Waals surface area contributed by atoms with Gasteiger partial charge in [0.25, 0.3) is 5.56 Å². The Bertz CT molecular complexity index is 860. The number of rotatable bonds is 3. The van der Waals surface area contributed by atoms with Gasteiger partial charge in [0.15, 0.2) is 0 Å². The van der Waals surface area contributed by atoms with E-state index in [1.165, 1.54) is 4.68 Å². The summed E-state index contributed by atoms with van der Waals surface area (Å²) in [6, 6.07) is 11.2. The topological polar surface area (TPSA) is 49.0 Å². The largest absolute Gasteiger partial charge is 0.416 e. The number of hydrogen-bond donors (Lipinski definition) is 0. The summed E-state index contributed by atoms with van der Waals surface area (Å²) in [5.41, 5.74) is -1.57. The van der Waals surface area contributed by atoms with E-state index in [1.54, 1.807) is 41.4 Å². The van der Waals surface area contributed by atoms with Gasteiger partial charge in [0.05, 0.1) is 23.7 Å². The lowest BCUT2D eigenvalue weighted by atomic mass is 10.0. The number of alkyl halides is 3. The highest BCUT2D eigenvalue weighted by atomic mass is 19.4. The van der Waals surface area contributed by atoms with Crippen molar-refractivity contribution in [1.82, 2.24) is 4.68 Å². The van der Waals surface area contributed by atoms with Crippen molar-refractivity contribution in [3.63, 3.8) is 0 Å². The quantitative estimate of drug-likeness (QED) is 0.856. The van der Waals surface area contributed by atoms with Crippen LogP contribution in [0.15, 0.2) is 41.2 Å². The molecule has 7 heteroatoms. The van der Waals surface area contributed by atoms with Gasteiger partial charge >= 0.3 is 6.18 Å². The Labute approximate surface area is 142 Å². The summed E-state index contributed by atoms with van der Waals surface area (Å²) in [6.07, 6.45) is -3.53. The highest BCUT2D eigenvalue weighted by Gasteiger charge is 2.37. The van der Waals surface area contributed by atoms with Crippen LogP contribution < -0.4 is 10.6 Å². The standard InChI is InChI=1S/C18H16F3N3O/c19-18(20,21)15-12-16(13-6-2-1-3-7-13)24(23-10-4-5-11-23)17(25)14(15)8-9-22/h1-3,6-7,12H,4-5,8,10-11H2. The van der Waals surface area contributed by atoms with Crippen LogP contribution in [0, 0.1) is 11.3 Å². The average Bonchev–Trinajstić information content (AvgIpc) is 3.10. The van der Waals surface area contributed by atoms with E-state index in [2.05, 4.69) is 0 Å². The molecule has 1 fully saturated rings. The number of hydrogen-bond acceptors (Lipinski definition) is 3. The van der Waals surface area contributed by atoms with E-state index in [-0.39, 0.29) is 5.69 Å². The van der Waals surface area contributed by atoms with Gasteiger partial charge in [-0.3, -0.25) is 4.79 Å². The first-order valence-electron chi connectivity index (χ1n) is 7.97. The number of halogens is 3. The van der Waals surface area contributed by atoms with Crippen LogP contribution in [-0.4, -0.2) is 17.8 Å². The molecule has 2 heterocycles. The second-order valence-corrected chi connectivity index (χ2v) is 5.90. The zero-order valence-electron chi connectivity index (χ0n) is 13.4. The van der Waals surface area contributed by atoms with Crippen molar-refractivity contribution in [3.8, 4) is 17.3 Å². The SMILES string of the molecule is N#CCc1c(C(F)(F)F)cc(-c2ccccc2)n(N2CCCC2)c1=O. The third-order valence-corrected chi connectivity index (χ3v) is 4.28. The number of nitriles is 1. The van der Waals surface area contributed by atoms with E-state index in [4.69, 9.17) is 5.26 Å². The van der Waals surface area contributed by atoms with Gasteiger partial charge in [-0.25, -0.2) is 4.68 Å². The average molecular weight is 347 g/mol. The summed E-state index contributed by atoms with van der Waals surface area (Å²) < 4.78 is 41.8. The monoisotopic (exact) mass is 347 g/mol. The maximum atomic E-state index is 13.5. The Morgan fingerprint density at radius 1 is 1.12 bits per heavy atom. The molecule has 1 aromatic carbocycles. The van der Waals surface area contributed by atoms with Gasteiger partial charge in [0.1, 0.15) is 0 Å². The molecule has 0 unspecified atom stereocenters. The summed E-state index contributed by atoms with van der Waals surface area (Å²) in [6.45, 7) is 1.19. The molecular formula is C18H16F3N3O. The van der Waals surface area contributed by atoms with Gasteiger partial charge in [-0.15, -0.1) is 0 Å². The molecule has 130 valence electrons. The first kappa shape index (κ1) is 17.1. The van der Waals surface area contributed by atoms with Gasteiger partial charge in [0, 0.05) is 24.2 Å². The Kier molecular flexibility index (Phi) is 4.53. The summed E-state index contributed by atoms with van der Waals surface area (Å²) in [5, 5.41) is 10.7. The van der Waals surface area contributed by atoms with Crippen LogP contribution in [0.4, 0.5) is 13.2 Å². The van der Waals surface area contributed by atoms with E-state index in [1.807, 2.05) is 0 Å². The fourth-order valence-corrected chi connectivity index (χ4v) is 3.14. The van der Waals surface area contributed by atoms with Crippen LogP contribution in [0.2, 0.25) is 0 Å². The van der Waals surface area contributed by atoms with Crippen molar-refractivity contribution >= 4 is 0 Å². The lowest BCUT2D eigenvalue weighted by Crippen LogP contribution is -2.43. The molecule has 0 amide bonds. The third kappa shape index (κ3) is 3.25. The Morgan fingerprint density at radius 2 is 1.76 bits per heavy atom. The van der Waals surface area contributed by atoms with E-state index in [0.29, 0.717) is 18.7 Å². The number of benzene rings is 1. The van der Waals surface area contributed by atoms with Crippen LogP contribution in [0.1, 0.15) is 24.0 Å². The molecule has 0 radical (unpaired) electrons. The maximum absolute atomic E-state index is 13.5. The van der Waals surface area contributed by atoms with Crippen molar-refractivity contribution < 1.29 is 13.2 Å². The van der Waals surface area contributed by atoms with Crippen molar-refractivity contribution in [3.05, 3.63) is 57.9 Å². The van der Waals surface area contributed by atoms with E-state index in [9.17, 15) is 18.0 Å². The lowest BCUT2D eigenvalue weighted by molar-refractivity contribution is -0.138. The minimum atomic E-state index is -4.70. The molecule has 1 aromatic heterocycles. The van der Waals surface area contributed by atoms with Crippen LogP contribution >= 0.6 is 0 Å². The molecule has 1 aliphatic rings. The zero-order valence-corrected chi connectivity index (χ0v) is 13.4. The molecule has 1 aliphatic heterocycles. The number of pyridine rings is 1. The van der Waals surface area contributed by atoms with Crippen LogP contribution in [0.25, 0.3) is 11.3 Å². The first-order valence-corrected chi connectivity index (χ1v) is 7.97. The highest BCUT2D eigenvalue weighted by Crippen LogP contribution is 2.34. The molecule has 25 heavy (non-hydrogen) atoms. The third-order valence-electron chi connectivity index (χ3n) is 4.28. The van der Waals surface area contributed by atoms with E-state index in [0.717, 1.165) is 18.9 Å². The molecule has 2 aromatic rings. The van der Waals surface area contributed by atoms with Crippen LogP contribution in [0.5, 0.6) is 0 Å². The molecule has 0 saturated carbocycles. The molecule has 4 nitrogen and oxygen atoms in total. The molecule has 0 atom stereocenters. The van der Waals surface area contributed by atoms with E-state index >= 15 is 0 Å². The van der Waals surface area contributed by atoms with Gasteiger partial charge < -0.3 is 5.01 Å². The van der Waals surface area contributed by atoms with Crippen molar-refractivity contribution in [2.75, 3.05) is 18.1 Å². The zero-order chi connectivity index (χ0) is 18.0. The highest BCUT2D eigenvalue weighted by molar-refractivity contribution is 5.62. The minimum absolute atomic E-state index is 0.196. The summed E-state index contributed by atoms with van der Waals surface area (Å²) >= 11 is 0.